The molecule has 0 atom stereocenters. The molecule has 1 aliphatic heterocycles. The standard InChI is InChI=1S/C25H26FN7O3/c1-3-36-25(34)32-13-11-31(12-14-32)24-28-21(16-5-4-6-17(26)15-16)20-22(27)33(30-23(20)29-24)18-7-9-19(35-2)10-8-18/h4-10,15H,3,11-14,27H2,1-2H3. The van der Waals surface area contributed by atoms with Crippen LogP contribution in [0.2, 0.25) is 0 Å². The number of hydrogen-bond donors (Lipinski definition) is 1. The van der Waals surface area contributed by atoms with Gasteiger partial charge in [0.1, 0.15) is 17.4 Å². The highest BCUT2D eigenvalue weighted by atomic mass is 19.1. The van der Waals surface area contributed by atoms with Gasteiger partial charge >= 0.3 is 6.09 Å². The number of anilines is 2. The second kappa shape index (κ2) is 9.68. The van der Waals surface area contributed by atoms with Gasteiger partial charge in [-0.1, -0.05) is 12.1 Å². The van der Waals surface area contributed by atoms with Crippen molar-refractivity contribution in [2.24, 2.45) is 0 Å². The first-order chi connectivity index (χ1) is 17.5. The summed E-state index contributed by atoms with van der Waals surface area (Å²) in [6, 6.07) is 13.5. The molecule has 2 aromatic carbocycles. The van der Waals surface area contributed by atoms with Crippen LogP contribution in [0.15, 0.2) is 48.5 Å². The summed E-state index contributed by atoms with van der Waals surface area (Å²) >= 11 is 0. The zero-order valence-electron chi connectivity index (χ0n) is 20.0. The Morgan fingerprint density at radius 1 is 1.08 bits per heavy atom. The van der Waals surface area contributed by atoms with Crippen molar-refractivity contribution in [1.82, 2.24) is 24.6 Å². The SMILES string of the molecule is CCOC(=O)N1CCN(c2nc(-c3cccc(F)c3)c3c(N)n(-c4ccc(OC)cc4)nc3n2)CC1. The highest BCUT2D eigenvalue weighted by Gasteiger charge is 2.26. The summed E-state index contributed by atoms with van der Waals surface area (Å²) < 4.78 is 26.1. The van der Waals surface area contributed by atoms with Crippen LogP contribution < -0.4 is 15.4 Å². The maximum Gasteiger partial charge on any atom is 0.409 e. The molecule has 0 unspecified atom stereocenters. The third kappa shape index (κ3) is 4.35. The van der Waals surface area contributed by atoms with Crippen LogP contribution in [0.25, 0.3) is 28.0 Å². The maximum atomic E-state index is 14.2. The Balaban J connectivity index is 1.58. The van der Waals surface area contributed by atoms with E-state index in [-0.39, 0.29) is 11.9 Å². The Hall–Kier alpha value is -4.41. The first-order valence-electron chi connectivity index (χ1n) is 11.6. The van der Waals surface area contributed by atoms with Gasteiger partial charge in [0.2, 0.25) is 5.95 Å². The minimum atomic E-state index is -0.384. The van der Waals surface area contributed by atoms with Crippen molar-refractivity contribution in [3.05, 3.63) is 54.3 Å². The fraction of sp³-hybridized carbons (Fsp3) is 0.280. The average Bonchev–Trinajstić information content (AvgIpc) is 3.24. The first kappa shape index (κ1) is 23.3. The Bertz CT molecular complexity index is 1400. The highest BCUT2D eigenvalue weighted by molar-refractivity contribution is 5.99. The number of nitrogens with zero attached hydrogens (tertiary/aromatic N) is 6. The van der Waals surface area contributed by atoms with E-state index in [1.165, 1.54) is 12.1 Å². The van der Waals surface area contributed by atoms with E-state index in [2.05, 4.69) is 5.10 Å². The molecular weight excluding hydrogens is 465 g/mol. The third-order valence-electron chi connectivity index (χ3n) is 6.06. The summed E-state index contributed by atoms with van der Waals surface area (Å²) in [6.45, 7) is 4.08. The zero-order chi connectivity index (χ0) is 25.2. The normalized spacial score (nSPS) is 13.8. The third-order valence-corrected chi connectivity index (χ3v) is 6.06. The number of hydrogen-bond acceptors (Lipinski definition) is 8. The van der Waals surface area contributed by atoms with E-state index in [1.807, 2.05) is 29.2 Å². The second-order valence-electron chi connectivity index (χ2n) is 8.25. The number of amides is 1. The molecule has 10 nitrogen and oxygen atoms in total. The maximum absolute atomic E-state index is 14.2. The monoisotopic (exact) mass is 491 g/mol. The molecule has 0 spiro atoms. The van der Waals surface area contributed by atoms with Crippen molar-refractivity contribution in [2.45, 2.75) is 6.92 Å². The lowest BCUT2D eigenvalue weighted by molar-refractivity contribution is 0.105. The largest absolute Gasteiger partial charge is 0.497 e. The number of rotatable bonds is 5. The minimum Gasteiger partial charge on any atom is -0.497 e. The summed E-state index contributed by atoms with van der Waals surface area (Å²) in [6.07, 6.45) is -0.333. The molecule has 11 heteroatoms. The van der Waals surface area contributed by atoms with Gasteiger partial charge in [0.05, 0.1) is 30.5 Å². The number of methoxy groups -OCH3 is 1. The van der Waals surface area contributed by atoms with Crippen LogP contribution in [-0.2, 0) is 4.74 Å². The predicted molar refractivity (Wildman–Crippen MR) is 134 cm³/mol. The number of nitrogens with two attached hydrogens (primary N) is 1. The molecule has 1 saturated heterocycles. The lowest BCUT2D eigenvalue weighted by Crippen LogP contribution is -2.49. The van der Waals surface area contributed by atoms with E-state index in [4.69, 9.17) is 25.2 Å². The summed E-state index contributed by atoms with van der Waals surface area (Å²) in [5.41, 5.74) is 8.71. The summed E-state index contributed by atoms with van der Waals surface area (Å²) in [7, 11) is 1.60. The van der Waals surface area contributed by atoms with Gasteiger partial charge in [0.25, 0.3) is 0 Å². The fourth-order valence-corrected chi connectivity index (χ4v) is 4.21. The Kier molecular flexibility index (Phi) is 6.28. The van der Waals surface area contributed by atoms with E-state index in [0.717, 1.165) is 5.69 Å². The van der Waals surface area contributed by atoms with Crippen LogP contribution in [0.3, 0.4) is 0 Å². The molecule has 0 aliphatic carbocycles. The molecule has 36 heavy (non-hydrogen) atoms. The molecule has 0 saturated carbocycles. The van der Waals surface area contributed by atoms with Gasteiger partial charge in [-0.05, 0) is 43.3 Å². The van der Waals surface area contributed by atoms with E-state index >= 15 is 0 Å². The molecule has 4 aromatic rings. The van der Waals surface area contributed by atoms with E-state index in [9.17, 15) is 9.18 Å². The smallest absolute Gasteiger partial charge is 0.409 e. The van der Waals surface area contributed by atoms with Gasteiger partial charge in [-0.25, -0.2) is 18.9 Å². The van der Waals surface area contributed by atoms with Crippen molar-refractivity contribution in [1.29, 1.82) is 0 Å². The van der Waals surface area contributed by atoms with E-state index in [0.29, 0.717) is 72.6 Å². The number of fused-ring (bicyclic) bond motifs is 1. The summed E-state index contributed by atoms with van der Waals surface area (Å²) in [4.78, 5) is 25.2. The molecule has 3 heterocycles. The molecule has 0 bridgehead atoms. The zero-order valence-corrected chi connectivity index (χ0v) is 20.0. The fourth-order valence-electron chi connectivity index (χ4n) is 4.21. The summed E-state index contributed by atoms with van der Waals surface area (Å²) in [5, 5.41) is 5.20. The van der Waals surface area contributed by atoms with Crippen molar-refractivity contribution in [3.8, 4) is 22.7 Å². The van der Waals surface area contributed by atoms with E-state index < -0.39 is 0 Å². The van der Waals surface area contributed by atoms with Crippen molar-refractivity contribution < 1.29 is 18.7 Å². The van der Waals surface area contributed by atoms with Crippen LogP contribution >= 0.6 is 0 Å². The summed E-state index contributed by atoms with van der Waals surface area (Å²) in [5.74, 6) is 1.10. The number of nitrogen functional groups attached to an aromatic ring is 1. The molecule has 186 valence electrons. The highest BCUT2D eigenvalue weighted by Crippen LogP contribution is 2.34. The van der Waals surface area contributed by atoms with Crippen LogP contribution in [0.5, 0.6) is 5.75 Å². The Morgan fingerprint density at radius 2 is 1.83 bits per heavy atom. The van der Waals surface area contributed by atoms with Gasteiger partial charge in [-0.15, -0.1) is 5.10 Å². The second-order valence-corrected chi connectivity index (χ2v) is 8.25. The molecule has 2 N–H and O–H groups in total. The lowest BCUT2D eigenvalue weighted by atomic mass is 10.1. The van der Waals surface area contributed by atoms with Gasteiger partial charge in [0, 0.05) is 31.7 Å². The minimum absolute atomic E-state index is 0.327. The van der Waals surface area contributed by atoms with Crippen molar-refractivity contribution in [2.75, 3.05) is 50.5 Å². The Labute approximate surface area is 207 Å². The number of carbonyl (C=O) groups excluding carboxylic acids is 1. The molecule has 1 amide bonds. The van der Waals surface area contributed by atoms with Crippen molar-refractivity contribution >= 4 is 28.9 Å². The molecule has 1 fully saturated rings. The molecule has 0 radical (unpaired) electrons. The first-order valence-corrected chi connectivity index (χ1v) is 11.6. The van der Waals surface area contributed by atoms with Gasteiger partial charge in [0.15, 0.2) is 5.65 Å². The van der Waals surface area contributed by atoms with Crippen LogP contribution in [0, 0.1) is 5.82 Å². The van der Waals surface area contributed by atoms with E-state index in [1.54, 1.807) is 35.7 Å². The topological polar surface area (TPSA) is 112 Å². The molecule has 2 aromatic heterocycles. The molecule has 5 rings (SSSR count). The number of halogens is 1. The van der Waals surface area contributed by atoms with Crippen molar-refractivity contribution in [3.63, 3.8) is 0 Å². The van der Waals surface area contributed by atoms with Crippen LogP contribution in [0.1, 0.15) is 6.92 Å². The Morgan fingerprint density at radius 3 is 2.50 bits per heavy atom. The van der Waals surface area contributed by atoms with Gasteiger partial charge in [-0.3, -0.25) is 0 Å². The molecular formula is C25H26FN7O3. The molecule has 1 aliphatic rings. The number of aromatic nitrogens is 4. The number of carbonyl (C=O) groups is 1. The number of piperazine rings is 1. The lowest BCUT2D eigenvalue weighted by Gasteiger charge is -2.34. The quantitative estimate of drug-likeness (QED) is 0.452. The number of ether oxygens (including phenoxy) is 2. The van der Waals surface area contributed by atoms with Crippen LogP contribution in [0.4, 0.5) is 21.0 Å². The predicted octanol–water partition coefficient (Wildman–Crippen LogP) is 3.49. The average molecular weight is 492 g/mol. The van der Waals surface area contributed by atoms with Gasteiger partial charge < -0.3 is 25.0 Å². The van der Waals surface area contributed by atoms with Gasteiger partial charge in [-0.2, -0.15) is 4.98 Å². The number of benzene rings is 2. The van der Waals surface area contributed by atoms with Crippen LogP contribution in [-0.4, -0.2) is 70.6 Å².